The third-order valence-electron chi connectivity index (χ3n) is 3.57. The Hall–Kier alpha value is -2.62. The molecule has 106 valence electrons. The number of hydrogen-bond donors (Lipinski definition) is 0. The van der Waals surface area contributed by atoms with Crippen LogP contribution >= 0.6 is 0 Å². The second kappa shape index (κ2) is 5.40. The fourth-order valence-electron chi connectivity index (χ4n) is 2.42. The lowest BCUT2D eigenvalue weighted by molar-refractivity contribution is -0.129. The predicted octanol–water partition coefficient (Wildman–Crippen LogP) is 2.46. The molecule has 0 N–H and O–H groups in total. The standard InChI is InChI=1S/C17H16N2O2/c1-19-16(20)11-13-10-14(21-2)8-9-15(13)17(18-19)12-6-4-3-5-7-12/h3-10H,11H2,1-2H3. The van der Waals surface area contributed by atoms with E-state index in [9.17, 15) is 4.79 Å². The number of benzene rings is 2. The van der Waals surface area contributed by atoms with Crippen LogP contribution in [0.3, 0.4) is 0 Å². The minimum Gasteiger partial charge on any atom is -0.497 e. The van der Waals surface area contributed by atoms with E-state index < -0.39 is 0 Å². The molecule has 1 aliphatic heterocycles. The Labute approximate surface area is 123 Å². The van der Waals surface area contributed by atoms with E-state index in [0.29, 0.717) is 6.42 Å². The van der Waals surface area contributed by atoms with Crippen molar-refractivity contribution in [3.05, 3.63) is 65.2 Å². The summed E-state index contributed by atoms with van der Waals surface area (Å²) >= 11 is 0. The van der Waals surface area contributed by atoms with Crippen LogP contribution in [-0.2, 0) is 11.2 Å². The van der Waals surface area contributed by atoms with Crippen LogP contribution in [-0.4, -0.2) is 30.8 Å². The molecule has 2 aromatic carbocycles. The molecule has 0 bridgehead atoms. The number of fused-ring (bicyclic) bond motifs is 1. The molecule has 0 atom stereocenters. The zero-order chi connectivity index (χ0) is 14.8. The summed E-state index contributed by atoms with van der Waals surface area (Å²) in [7, 11) is 3.31. The molecular weight excluding hydrogens is 264 g/mol. The van der Waals surface area contributed by atoms with Gasteiger partial charge < -0.3 is 4.74 Å². The van der Waals surface area contributed by atoms with Crippen molar-refractivity contribution in [3.63, 3.8) is 0 Å². The molecule has 0 aliphatic carbocycles. The van der Waals surface area contributed by atoms with Gasteiger partial charge >= 0.3 is 0 Å². The normalized spacial score (nSPS) is 14.3. The third-order valence-corrected chi connectivity index (χ3v) is 3.57. The summed E-state index contributed by atoms with van der Waals surface area (Å²) in [5.74, 6) is 0.717. The van der Waals surface area contributed by atoms with Crippen LogP contribution in [0.2, 0.25) is 0 Å². The SMILES string of the molecule is COc1ccc2c(c1)CC(=O)N(C)N=C2c1ccccc1. The van der Waals surface area contributed by atoms with Crippen LogP contribution in [0.15, 0.2) is 53.6 Å². The van der Waals surface area contributed by atoms with Crippen molar-refractivity contribution >= 4 is 11.6 Å². The second-order valence-corrected chi connectivity index (χ2v) is 4.93. The average Bonchev–Trinajstić information content (AvgIpc) is 2.64. The van der Waals surface area contributed by atoms with Crippen molar-refractivity contribution in [2.24, 2.45) is 5.10 Å². The minimum atomic E-state index is -0.0320. The Morgan fingerprint density at radius 3 is 2.62 bits per heavy atom. The van der Waals surface area contributed by atoms with Gasteiger partial charge in [0.2, 0.25) is 5.91 Å². The molecule has 0 unspecified atom stereocenters. The topological polar surface area (TPSA) is 41.9 Å². The van der Waals surface area contributed by atoms with Crippen LogP contribution in [0, 0.1) is 0 Å². The summed E-state index contributed by atoms with van der Waals surface area (Å²) in [6, 6.07) is 15.7. The Bertz CT molecular complexity index is 708. The highest BCUT2D eigenvalue weighted by Gasteiger charge is 2.22. The van der Waals surface area contributed by atoms with Gasteiger partial charge in [0.15, 0.2) is 0 Å². The highest BCUT2D eigenvalue weighted by molar-refractivity contribution is 6.15. The van der Waals surface area contributed by atoms with E-state index in [4.69, 9.17) is 4.74 Å². The number of carbonyl (C=O) groups excluding carboxylic acids is 1. The smallest absolute Gasteiger partial charge is 0.246 e. The Morgan fingerprint density at radius 2 is 1.90 bits per heavy atom. The first-order valence-electron chi connectivity index (χ1n) is 6.77. The van der Waals surface area contributed by atoms with Gasteiger partial charge in [0.25, 0.3) is 0 Å². The second-order valence-electron chi connectivity index (χ2n) is 4.93. The van der Waals surface area contributed by atoms with Gasteiger partial charge in [0, 0.05) is 18.2 Å². The largest absolute Gasteiger partial charge is 0.497 e. The molecule has 0 radical (unpaired) electrons. The van der Waals surface area contributed by atoms with Crippen molar-refractivity contribution in [1.82, 2.24) is 5.01 Å². The molecule has 1 aliphatic rings. The predicted molar refractivity (Wildman–Crippen MR) is 81.5 cm³/mol. The monoisotopic (exact) mass is 280 g/mol. The zero-order valence-corrected chi connectivity index (χ0v) is 12.0. The van der Waals surface area contributed by atoms with Crippen LogP contribution in [0.1, 0.15) is 16.7 Å². The zero-order valence-electron chi connectivity index (χ0n) is 12.0. The van der Waals surface area contributed by atoms with Gasteiger partial charge in [-0.2, -0.15) is 5.10 Å². The Balaban J connectivity index is 2.19. The lowest BCUT2D eigenvalue weighted by atomic mass is 9.96. The van der Waals surface area contributed by atoms with Gasteiger partial charge in [-0.25, -0.2) is 5.01 Å². The number of hydrazone groups is 1. The van der Waals surface area contributed by atoms with E-state index in [1.54, 1.807) is 14.2 Å². The van der Waals surface area contributed by atoms with Gasteiger partial charge in [-0.3, -0.25) is 4.79 Å². The number of methoxy groups -OCH3 is 1. The van der Waals surface area contributed by atoms with E-state index in [0.717, 1.165) is 28.2 Å². The molecule has 0 saturated carbocycles. The lowest BCUT2D eigenvalue weighted by Gasteiger charge is -2.11. The summed E-state index contributed by atoms with van der Waals surface area (Å²) in [5, 5.41) is 5.90. The van der Waals surface area contributed by atoms with Crippen molar-refractivity contribution < 1.29 is 9.53 Å². The van der Waals surface area contributed by atoms with Crippen LogP contribution < -0.4 is 4.74 Å². The van der Waals surface area contributed by atoms with Crippen LogP contribution in [0.25, 0.3) is 0 Å². The van der Waals surface area contributed by atoms with Crippen molar-refractivity contribution in [3.8, 4) is 5.75 Å². The first-order valence-corrected chi connectivity index (χ1v) is 6.77. The van der Waals surface area contributed by atoms with Gasteiger partial charge in [0.1, 0.15) is 5.75 Å². The molecule has 0 fully saturated rings. The number of likely N-dealkylation sites (N-methyl/N-ethyl adjacent to an activating group) is 1. The Morgan fingerprint density at radius 1 is 1.14 bits per heavy atom. The summed E-state index contributed by atoms with van der Waals surface area (Å²) in [4.78, 5) is 12.1. The number of rotatable bonds is 2. The molecule has 4 heteroatoms. The molecule has 4 nitrogen and oxygen atoms in total. The van der Waals surface area contributed by atoms with Crippen LogP contribution in [0.4, 0.5) is 0 Å². The lowest BCUT2D eigenvalue weighted by Crippen LogP contribution is -2.22. The van der Waals surface area contributed by atoms with Crippen molar-refractivity contribution in [1.29, 1.82) is 0 Å². The highest BCUT2D eigenvalue weighted by Crippen LogP contribution is 2.24. The Kier molecular flexibility index (Phi) is 3.44. The summed E-state index contributed by atoms with van der Waals surface area (Å²) in [6.45, 7) is 0. The first kappa shape index (κ1) is 13.4. The number of amides is 1. The van der Waals surface area contributed by atoms with E-state index >= 15 is 0 Å². The maximum absolute atomic E-state index is 12.1. The molecular formula is C17H16N2O2. The molecule has 1 heterocycles. The molecule has 0 spiro atoms. The first-order chi connectivity index (χ1) is 10.2. The number of ether oxygens (including phenoxy) is 1. The van der Waals surface area contributed by atoms with Gasteiger partial charge in [-0.1, -0.05) is 30.3 Å². The maximum atomic E-state index is 12.1. The van der Waals surface area contributed by atoms with Crippen LogP contribution in [0.5, 0.6) is 5.75 Å². The van der Waals surface area contributed by atoms with E-state index in [-0.39, 0.29) is 5.91 Å². The summed E-state index contributed by atoms with van der Waals surface area (Å²) in [6.07, 6.45) is 0.322. The number of nitrogens with zero attached hydrogens (tertiary/aromatic N) is 2. The van der Waals surface area contributed by atoms with E-state index in [1.165, 1.54) is 5.01 Å². The molecule has 0 aromatic heterocycles. The molecule has 1 amide bonds. The fourth-order valence-corrected chi connectivity index (χ4v) is 2.42. The summed E-state index contributed by atoms with van der Waals surface area (Å²) in [5.41, 5.74) is 3.71. The maximum Gasteiger partial charge on any atom is 0.246 e. The van der Waals surface area contributed by atoms with Crippen molar-refractivity contribution in [2.45, 2.75) is 6.42 Å². The third kappa shape index (κ3) is 2.52. The summed E-state index contributed by atoms with van der Waals surface area (Å²) < 4.78 is 5.26. The molecule has 21 heavy (non-hydrogen) atoms. The number of carbonyl (C=O) groups is 1. The van der Waals surface area contributed by atoms with E-state index in [1.807, 2.05) is 48.5 Å². The van der Waals surface area contributed by atoms with Gasteiger partial charge in [-0.15, -0.1) is 0 Å². The average molecular weight is 280 g/mol. The fraction of sp³-hybridized carbons (Fsp3) is 0.176. The van der Waals surface area contributed by atoms with Crippen molar-refractivity contribution in [2.75, 3.05) is 14.2 Å². The quantitative estimate of drug-likeness (QED) is 0.848. The van der Waals surface area contributed by atoms with Gasteiger partial charge in [-0.05, 0) is 23.8 Å². The molecule has 2 aromatic rings. The van der Waals surface area contributed by atoms with Gasteiger partial charge in [0.05, 0.1) is 19.2 Å². The minimum absolute atomic E-state index is 0.0320. The van der Waals surface area contributed by atoms with E-state index in [2.05, 4.69) is 5.10 Å². The highest BCUT2D eigenvalue weighted by atomic mass is 16.5. The molecule has 3 rings (SSSR count). The molecule has 0 saturated heterocycles. The number of hydrogen-bond acceptors (Lipinski definition) is 3.